The molecule has 1 amide bonds. The molecule has 0 fully saturated rings. The van der Waals surface area contributed by atoms with Crippen molar-refractivity contribution < 1.29 is 9.53 Å². The van der Waals surface area contributed by atoms with Gasteiger partial charge >= 0.3 is 0 Å². The second-order valence-electron chi connectivity index (χ2n) is 10.1. The van der Waals surface area contributed by atoms with Crippen molar-refractivity contribution in [2.24, 2.45) is 10.9 Å². The third kappa shape index (κ3) is 8.06. The van der Waals surface area contributed by atoms with Gasteiger partial charge in [0.05, 0.1) is 5.57 Å². The average molecular weight is 517 g/mol. The molecule has 1 aliphatic rings. The number of benzene rings is 2. The lowest BCUT2D eigenvalue weighted by Crippen LogP contribution is -2.34. The van der Waals surface area contributed by atoms with Gasteiger partial charge in [-0.3, -0.25) is 14.7 Å². The summed E-state index contributed by atoms with van der Waals surface area (Å²) in [5, 5.41) is 0. The van der Waals surface area contributed by atoms with Crippen LogP contribution in [0.15, 0.2) is 83.1 Å². The number of carbonyl (C=O) groups is 1. The van der Waals surface area contributed by atoms with Crippen LogP contribution in [0, 0.1) is 5.92 Å². The van der Waals surface area contributed by atoms with Crippen LogP contribution in [0.25, 0.3) is 0 Å². The van der Waals surface area contributed by atoms with Crippen molar-refractivity contribution in [3.63, 3.8) is 0 Å². The molecule has 0 radical (unpaired) electrons. The van der Waals surface area contributed by atoms with E-state index in [-0.39, 0.29) is 11.8 Å². The number of likely N-dealkylation sites (N-methyl/N-ethyl adjacent to an activating group) is 2. The maximum absolute atomic E-state index is 14.0. The van der Waals surface area contributed by atoms with Gasteiger partial charge in [-0.1, -0.05) is 70.2 Å². The molecule has 6 heteroatoms. The molecule has 2 aromatic rings. The van der Waals surface area contributed by atoms with Crippen molar-refractivity contribution >= 4 is 17.8 Å². The van der Waals surface area contributed by atoms with E-state index in [0.29, 0.717) is 18.7 Å². The van der Waals surface area contributed by atoms with E-state index in [1.54, 1.807) is 6.21 Å². The molecule has 0 bridgehead atoms. The van der Waals surface area contributed by atoms with Gasteiger partial charge in [-0.05, 0) is 43.5 Å². The Balaban J connectivity index is 1.76. The first-order valence-electron chi connectivity index (χ1n) is 13.8. The van der Waals surface area contributed by atoms with Gasteiger partial charge < -0.3 is 14.5 Å². The highest BCUT2D eigenvalue weighted by atomic mass is 16.5. The predicted octanol–water partition coefficient (Wildman–Crippen LogP) is 6.16. The highest BCUT2D eigenvalue weighted by molar-refractivity contribution is 6.19. The molecule has 3 rings (SSSR count). The Labute approximate surface area is 229 Å². The number of aliphatic imine (C=N–C) groups is 1. The van der Waals surface area contributed by atoms with Crippen LogP contribution in [0.5, 0.6) is 5.75 Å². The van der Waals surface area contributed by atoms with Crippen molar-refractivity contribution in [2.45, 2.75) is 46.6 Å². The quantitative estimate of drug-likeness (QED) is 0.299. The smallest absolute Gasteiger partial charge is 0.261 e. The summed E-state index contributed by atoms with van der Waals surface area (Å²) in [6.07, 6.45) is 4.47. The van der Waals surface area contributed by atoms with Gasteiger partial charge in [0.25, 0.3) is 5.91 Å². The van der Waals surface area contributed by atoms with Gasteiger partial charge in [-0.15, -0.1) is 0 Å². The monoisotopic (exact) mass is 516 g/mol. The van der Waals surface area contributed by atoms with Crippen LogP contribution in [-0.4, -0.2) is 62.3 Å². The third-order valence-corrected chi connectivity index (χ3v) is 6.98. The van der Waals surface area contributed by atoms with Crippen LogP contribution in [0.4, 0.5) is 5.69 Å². The molecule has 0 N–H and O–H groups in total. The van der Waals surface area contributed by atoms with Gasteiger partial charge in [-0.2, -0.15) is 0 Å². The average Bonchev–Trinajstić information content (AvgIpc) is 3.03. The van der Waals surface area contributed by atoms with E-state index in [1.807, 2.05) is 35.2 Å². The molecule has 0 aromatic heterocycles. The molecule has 1 atom stereocenters. The number of allylic oxidation sites excluding steroid dienone is 2. The Morgan fingerprint density at radius 3 is 2.63 bits per heavy atom. The third-order valence-electron chi connectivity index (χ3n) is 6.98. The van der Waals surface area contributed by atoms with Gasteiger partial charge in [0.2, 0.25) is 0 Å². The number of hydrogen-bond acceptors (Lipinski definition) is 5. The molecule has 204 valence electrons. The molecule has 38 heavy (non-hydrogen) atoms. The van der Waals surface area contributed by atoms with Crippen LogP contribution < -0.4 is 9.64 Å². The molecule has 2 aromatic carbocycles. The van der Waals surface area contributed by atoms with Crippen molar-refractivity contribution in [3.8, 4) is 5.75 Å². The van der Waals surface area contributed by atoms with Crippen LogP contribution in [0.1, 0.15) is 45.6 Å². The summed E-state index contributed by atoms with van der Waals surface area (Å²) in [6, 6.07) is 18.3. The highest BCUT2D eigenvalue weighted by Crippen LogP contribution is 2.29. The summed E-state index contributed by atoms with van der Waals surface area (Å²) >= 11 is 0. The lowest BCUT2D eigenvalue weighted by Gasteiger charge is -2.26. The standard InChI is InChI=1S/C32H44N4O2/c1-7-13-26(4)33-23-30-31(25(3)8-2)35(6)18-19-36(32(30)37)28-16-12-17-29(22-28)38-21-20-34(5)24-27-14-10-9-11-15-27/h9-12,14-17,22-23,25H,4,7-8,13,18-21,24H2,1-3,5-6H3. The molecular formula is C32H44N4O2. The molecule has 0 saturated heterocycles. The van der Waals surface area contributed by atoms with E-state index in [4.69, 9.17) is 4.74 Å². The SMILES string of the molecule is C=C(CCC)N=CC1=C(C(C)CC)N(C)CCN(c2cccc(OCCN(C)Cc3ccccc3)c2)C1=O. The Bertz CT molecular complexity index is 1130. The fourth-order valence-corrected chi connectivity index (χ4v) is 4.68. The summed E-state index contributed by atoms with van der Waals surface area (Å²) < 4.78 is 6.10. The Kier molecular flexibility index (Phi) is 11.2. The molecule has 0 saturated carbocycles. The number of rotatable bonds is 13. The molecule has 0 spiro atoms. The van der Waals surface area contributed by atoms with E-state index < -0.39 is 0 Å². The molecule has 6 nitrogen and oxygen atoms in total. The van der Waals surface area contributed by atoms with Gasteiger partial charge in [-0.25, -0.2) is 0 Å². The minimum absolute atomic E-state index is 0.0301. The number of anilines is 1. The summed E-state index contributed by atoms with van der Waals surface area (Å²) in [4.78, 5) is 24.8. The Morgan fingerprint density at radius 1 is 1.16 bits per heavy atom. The van der Waals surface area contributed by atoms with E-state index in [2.05, 4.69) is 80.5 Å². The topological polar surface area (TPSA) is 48.4 Å². The fraction of sp³-hybridized carbons (Fsp3) is 0.438. The minimum Gasteiger partial charge on any atom is -0.492 e. The molecule has 1 heterocycles. The second-order valence-corrected chi connectivity index (χ2v) is 10.1. The number of ether oxygens (including phenoxy) is 1. The second kappa shape index (κ2) is 14.5. The highest BCUT2D eigenvalue weighted by Gasteiger charge is 2.30. The zero-order valence-corrected chi connectivity index (χ0v) is 23.8. The van der Waals surface area contributed by atoms with Crippen LogP contribution >= 0.6 is 0 Å². The van der Waals surface area contributed by atoms with Crippen molar-refractivity contribution in [2.75, 3.05) is 45.2 Å². The molecule has 1 unspecified atom stereocenters. The van der Waals surface area contributed by atoms with Crippen molar-refractivity contribution in [1.29, 1.82) is 0 Å². The summed E-state index contributed by atoms with van der Waals surface area (Å²) in [5.74, 6) is 0.975. The van der Waals surface area contributed by atoms with E-state index >= 15 is 0 Å². The van der Waals surface area contributed by atoms with Crippen molar-refractivity contribution in [3.05, 3.63) is 83.7 Å². The summed E-state index contributed by atoms with van der Waals surface area (Å²) in [7, 11) is 4.16. The van der Waals surface area contributed by atoms with E-state index in [9.17, 15) is 4.79 Å². The summed E-state index contributed by atoms with van der Waals surface area (Å²) in [5.41, 5.74) is 4.60. The fourth-order valence-electron chi connectivity index (χ4n) is 4.68. The van der Waals surface area contributed by atoms with Gasteiger partial charge in [0.15, 0.2) is 0 Å². The minimum atomic E-state index is -0.0301. The van der Waals surface area contributed by atoms with Gasteiger partial charge in [0, 0.05) is 62.6 Å². The number of amides is 1. The molecule has 1 aliphatic heterocycles. The Hall–Kier alpha value is -3.38. The number of hydrogen-bond donors (Lipinski definition) is 0. The first-order valence-corrected chi connectivity index (χ1v) is 13.8. The maximum atomic E-state index is 14.0. The Morgan fingerprint density at radius 2 is 1.92 bits per heavy atom. The van der Waals surface area contributed by atoms with Crippen LogP contribution in [0.3, 0.4) is 0 Å². The lowest BCUT2D eigenvalue weighted by atomic mass is 9.98. The van der Waals surface area contributed by atoms with Crippen LogP contribution in [0.2, 0.25) is 0 Å². The van der Waals surface area contributed by atoms with Gasteiger partial charge in [0.1, 0.15) is 12.4 Å². The molecule has 0 aliphatic carbocycles. The zero-order valence-electron chi connectivity index (χ0n) is 23.8. The first-order chi connectivity index (χ1) is 18.3. The lowest BCUT2D eigenvalue weighted by molar-refractivity contribution is -0.114. The maximum Gasteiger partial charge on any atom is 0.261 e. The van der Waals surface area contributed by atoms with Crippen LogP contribution in [-0.2, 0) is 11.3 Å². The zero-order chi connectivity index (χ0) is 27.5. The van der Waals surface area contributed by atoms with Crippen molar-refractivity contribution in [1.82, 2.24) is 9.80 Å². The number of carbonyl (C=O) groups excluding carboxylic acids is 1. The largest absolute Gasteiger partial charge is 0.492 e. The number of nitrogens with zero attached hydrogens (tertiary/aromatic N) is 4. The molecular weight excluding hydrogens is 472 g/mol. The summed E-state index contributed by atoms with van der Waals surface area (Å²) in [6.45, 7) is 14.1. The first kappa shape index (κ1) is 29.2. The van der Waals surface area contributed by atoms with E-state index in [0.717, 1.165) is 61.7 Å². The predicted molar refractivity (Wildman–Crippen MR) is 159 cm³/mol. The van der Waals surface area contributed by atoms with E-state index in [1.165, 1.54) is 5.56 Å². The normalized spacial score (nSPS) is 15.4.